The Morgan fingerprint density at radius 1 is 1.36 bits per heavy atom. The van der Waals surface area contributed by atoms with E-state index in [1.165, 1.54) is 0 Å². The van der Waals surface area contributed by atoms with Crippen LogP contribution in [0.25, 0.3) is 0 Å². The lowest BCUT2D eigenvalue weighted by Gasteiger charge is -2.22. The number of fused-ring (bicyclic) bond motifs is 1. The van der Waals surface area contributed by atoms with Crippen molar-refractivity contribution >= 4 is 17.7 Å². The summed E-state index contributed by atoms with van der Waals surface area (Å²) in [4.78, 5) is 4.06. The van der Waals surface area contributed by atoms with E-state index in [1.807, 2.05) is 12.1 Å². The second-order valence-corrected chi connectivity index (χ2v) is 2.21. The van der Waals surface area contributed by atoms with Crippen molar-refractivity contribution in [2.75, 3.05) is 12.1 Å². The van der Waals surface area contributed by atoms with E-state index in [2.05, 4.69) is 20.6 Å². The number of nitrogens with one attached hydrogen (secondary N) is 1. The van der Waals surface area contributed by atoms with Gasteiger partial charge in [-0.15, -0.1) is 0 Å². The minimum atomic E-state index is 0.834. The van der Waals surface area contributed by atoms with E-state index in [4.69, 9.17) is 0 Å². The Kier molecular flexibility index (Phi) is 1.21. The largest absolute Gasteiger partial charge is 0.288 e. The quantitative estimate of drug-likeness (QED) is 0.568. The summed E-state index contributed by atoms with van der Waals surface area (Å²) < 4.78 is 0. The molecular formula is C6H7N5. The van der Waals surface area contributed by atoms with Gasteiger partial charge in [-0.2, -0.15) is 10.2 Å². The zero-order valence-corrected chi connectivity index (χ0v) is 6.02. The Labute approximate surface area is 63.7 Å². The second kappa shape index (κ2) is 2.19. The highest BCUT2D eigenvalue weighted by molar-refractivity contribution is 5.76. The molecule has 0 atom stereocenters. The molecule has 0 spiro atoms. The minimum Gasteiger partial charge on any atom is -0.288 e. The summed E-state index contributed by atoms with van der Waals surface area (Å²) >= 11 is 0. The Morgan fingerprint density at radius 2 is 2.18 bits per heavy atom. The van der Waals surface area contributed by atoms with Crippen LogP contribution in [0.5, 0.6) is 0 Å². The molecule has 0 saturated carbocycles. The first kappa shape index (κ1) is 6.09. The molecule has 0 saturated heterocycles. The molecule has 0 radical (unpaired) electrons. The van der Waals surface area contributed by atoms with Gasteiger partial charge in [0, 0.05) is 7.05 Å². The van der Waals surface area contributed by atoms with Gasteiger partial charge in [0.1, 0.15) is 17.7 Å². The summed E-state index contributed by atoms with van der Waals surface area (Å²) in [5.41, 5.74) is 4.68. The van der Waals surface area contributed by atoms with Gasteiger partial charge in [0.2, 0.25) is 0 Å². The predicted octanol–water partition coefficient (Wildman–Crippen LogP) is 0.0908. The van der Waals surface area contributed by atoms with Gasteiger partial charge >= 0.3 is 0 Å². The zero-order valence-electron chi connectivity index (χ0n) is 6.02. The van der Waals surface area contributed by atoms with E-state index >= 15 is 0 Å². The number of rotatable bonds is 0. The lowest BCUT2D eigenvalue weighted by molar-refractivity contribution is 0.863. The number of hydrogen-bond donors (Lipinski definition) is 1. The van der Waals surface area contributed by atoms with Gasteiger partial charge in [-0.1, -0.05) is 0 Å². The summed E-state index contributed by atoms with van der Waals surface area (Å²) in [6, 6.07) is 0. The van der Waals surface area contributed by atoms with Crippen molar-refractivity contribution in [1.82, 2.24) is 15.6 Å². The van der Waals surface area contributed by atoms with Crippen LogP contribution >= 0.6 is 0 Å². The first-order chi connectivity index (χ1) is 5.38. The fourth-order valence-corrected chi connectivity index (χ4v) is 0.921. The fraction of sp³-hybridized carbons (Fsp3) is 0.167. The average molecular weight is 149 g/mol. The van der Waals surface area contributed by atoms with Gasteiger partial charge in [-0.05, 0) is 0 Å². The van der Waals surface area contributed by atoms with Crippen molar-refractivity contribution in [3.63, 3.8) is 0 Å². The summed E-state index contributed by atoms with van der Waals surface area (Å²) in [5.74, 6) is 0. The molecule has 0 aromatic carbocycles. The summed E-state index contributed by atoms with van der Waals surface area (Å²) in [6.07, 6.45) is 4.91. The van der Waals surface area contributed by atoms with Crippen molar-refractivity contribution in [1.29, 1.82) is 0 Å². The van der Waals surface area contributed by atoms with E-state index in [0.29, 0.717) is 0 Å². The van der Waals surface area contributed by atoms with E-state index in [1.54, 1.807) is 18.7 Å². The van der Waals surface area contributed by atoms with Gasteiger partial charge < -0.3 is 0 Å². The summed E-state index contributed by atoms with van der Waals surface area (Å²) in [5, 5.41) is 9.29. The molecule has 0 aliphatic carbocycles. The highest BCUT2D eigenvalue weighted by Crippen LogP contribution is 2.25. The third-order valence-electron chi connectivity index (χ3n) is 1.51. The molecule has 11 heavy (non-hydrogen) atoms. The Balaban J connectivity index is 2.54. The van der Waals surface area contributed by atoms with Crippen LogP contribution in [0, 0.1) is 0 Å². The fourth-order valence-electron chi connectivity index (χ4n) is 0.921. The first-order valence-electron chi connectivity index (χ1n) is 3.21. The SMILES string of the molecule is CN1NC=Nc2cnncc21. The maximum absolute atomic E-state index is 4.06. The van der Waals surface area contributed by atoms with Gasteiger partial charge in [-0.25, -0.2) is 4.99 Å². The maximum atomic E-state index is 4.06. The number of anilines is 1. The lowest BCUT2D eigenvalue weighted by Crippen LogP contribution is -2.35. The van der Waals surface area contributed by atoms with Crippen molar-refractivity contribution in [2.45, 2.75) is 0 Å². The molecule has 0 amide bonds. The van der Waals surface area contributed by atoms with Gasteiger partial charge in [0.25, 0.3) is 0 Å². The second-order valence-electron chi connectivity index (χ2n) is 2.21. The molecule has 1 aliphatic heterocycles. The zero-order chi connectivity index (χ0) is 7.68. The smallest absolute Gasteiger partial charge is 0.112 e. The number of aliphatic imine (C=N–C) groups is 1. The lowest BCUT2D eigenvalue weighted by atomic mass is 10.4. The monoisotopic (exact) mass is 149 g/mol. The molecule has 1 aromatic rings. The molecule has 1 aromatic heterocycles. The van der Waals surface area contributed by atoms with Crippen molar-refractivity contribution in [3.8, 4) is 0 Å². The molecule has 0 bridgehead atoms. The average Bonchev–Trinajstić information content (AvgIpc) is 2.06. The van der Waals surface area contributed by atoms with Gasteiger partial charge in [-0.3, -0.25) is 10.4 Å². The highest BCUT2D eigenvalue weighted by Gasteiger charge is 2.08. The molecule has 1 N–H and O–H groups in total. The van der Waals surface area contributed by atoms with E-state index in [-0.39, 0.29) is 0 Å². The molecule has 0 unspecified atom stereocenters. The number of nitrogens with zero attached hydrogens (tertiary/aromatic N) is 4. The Hall–Kier alpha value is -1.65. The van der Waals surface area contributed by atoms with Crippen LogP contribution in [0.1, 0.15) is 0 Å². The standard InChI is InChI=1S/C6H7N5/c1-11-6-3-9-8-2-5(6)7-4-10-11/h2-4H,1H3,(H,7,10). The van der Waals surface area contributed by atoms with Gasteiger partial charge in [0.05, 0.1) is 12.4 Å². The molecule has 5 heteroatoms. The Bertz CT molecular complexity index is 295. The first-order valence-corrected chi connectivity index (χ1v) is 3.21. The van der Waals surface area contributed by atoms with Crippen molar-refractivity contribution in [2.24, 2.45) is 4.99 Å². The predicted molar refractivity (Wildman–Crippen MR) is 41.7 cm³/mol. The van der Waals surface area contributed by atoms with Crippen LogP contribution in [-0.4, -0.2) is 23.6 Å². The molecule has 5 nitrogen and oxygen atoms in total. The van der Waals surface area contributed by atoms with Crippen LogP contribution < -0.4 is 10.4 Å². The molecule has 2 heterocycles. The summed E-state index contributed by atoms with van der Waals surface area (Å²) in [6.45, 7) is 0. The molecule has 56 valence electrons. The molecule has 1 aliphatic rings. The summed E-state index contributed by atoms with van der Waals surface area (Å²) in [7, 11) is 1.89. The maximum Gasteiger partial charge on any atom is 0.112 e. The van der Waals surface area contributed by atoms with Gasteiger partial charge in [0.15, 0.2) is 0 Å². The number of hydrazine groups is 1. The van der Waals surface area contributed by atoms with Crippen LogP contribution in [0.3, 0.4) is 0 Å². The van der Waals surface area contributed by atoms with Crippen molar-refractivity contribution in [3.05, 3.63) is 12.4 Å². The molecular weight excluding hydrogens is 142 g/mol. The normalized spacial score (nSPS) is 14.1. The van der Waals surface area contributed by atoms with Crippen LogP contribution in [-0.2, 0) is 0 Å². The van der Waals surface area contributed by atoms with E-state index < -0.39 is 0 Å². The third-order valence-corrected chi connectivity index (χ3v) is 1.51. The Morgan fingerprint density at radius 3 is 3.00 bits per heavy atom. The van der Waals surface area contributed by atoms with E-state index in [0.717, 1.165) is 11.4 Å². The van der Waals surface area contributed by atoms with Crippen LogP contribution in [0.4, 0.5) is 11.4 Å². The minimum absolute atomic E-state index is 0.834. The number of hydrogen-bond acceptors (Lipinski definition) is 5. The third kappa shape index (κ3) is 0.899. The molecule has 2 rings (SSSR count). The number of aromatic nitrogens is 2. The highest BCUT2D eigenvalue weighted by atomic mass is 15.5. The van der Waals surface area contributed by atoms with E-state index in [9.17, 15) is 0 Å². The van der Waals surface area contributed by atoms with Crippen molar-refractivity contribution < 1.29 is 0 Å². The van der Waals surface area contributed by atoms with Crippen LogP contribution in [0.2, 0.25) is 0 Å². The topological polar surface area (TPSA) is 53.4 Å². The van der Waals surface area contributed by atoms with Crippen LogP contribution in [0.15, 0.2) is 17.4 Å². The molecule has 0 fully saturated rings.